The van der Waals surface area contributed by atoms with Crippen LogP contribution in [0.25, 0.3) is 17.0 Å². The second-order valence-electron chi connectivity index (χ2n) is 6.86. The molecule has 0 bridgehead atoms. The summed E-state index contributed by atoms with van der Waals surface area (Å²) in [4.78, 5) is 16.5. The van der Waals surface area contributed by atoms with Crippen LogP contribution in [-0.4, -0.2) is 32.5 Å². The molecule has 2 N–H and O–H groups in total. The van der Waals surface area contributed by atoms with Crippen molar-refractivity contribution in [1.29, 1.82) is 0 Å². The number of unbranched alkanes of at least 4 members (excludes halogenated alkanes) is 1. The lowest BCUT2D eigenvalue weighted by molar-refractivity contribution is 0.136. The number of amides is 1. The van der Waals surface area contributed by atoms with E-state index in [0.717, 1.165) is 36.2 Å². The lowest BCUT2D eigenvalue weighted by Gasteiger charge is -2.15. The minimum Gasteiger partial charge on any atom is -0.449 e. The predicted octanol–water partition coefficient (Wildman–Crippen LogP) is 4.80. The van der Waals surface area contributed by atoms with Crippen LogP contribution in [0.5, 0.6) is 0 Å². The number of hydrogen-bond acceptors (Lipinski definition) is 4. The highest BCUT2D eigenvalue weighted by atomic mass is 16.5. The Morgan fingerprint density at radius 1 is 1.30 bits per heavy atom. The third-order valence-corrected chi connectivity index (χ3v) is 4.64. The highest BCUT2D eigenvalue weighted by Gasteiger charge is 2.11. The Morgan fingerprint density at radius 2 is 2.07 bits per heavy atom. The molecule has 0 radical (unpaired) electrons. The maximum Gasteiger partial charge on any atom is 0.411 e. The molecule has 0 aliphatic heterocycles. The number of hydrogen-bond donors (Lipinski definition) is 2. The van der Waals surface area contributed by atoms with Crippen molar-refractivity contribution in [3.05, 3.63) is 36.0 Å². The number of rotatable bonds is 8. The Morgan fingerprint density at radius 3 is 2.74 bits per heavy atom. The maximum atomic E-state index is 12.0. The first-order chi connectivity index (χ1) is 13.1. The summed E-state index contributed by atoms with van der Waals surface area (Å²) in [6.07, 6.45) is 4.03. The van der Waals surface area contributed by atoms with E-state index >= 15 is 0 Å². The summed E-state index contributed by atoms with van der Waals surface area (Å²) in [6.45, 7) is 6.73. The molecule has 0 saturated heterocycles. The van der Waals surface area contributed by atoms with Gasteiger partial charge in [0.25, 0.3) is 0 Å². The van der Waals surface area contributed by atoms with Crippen LogP contribution in [-0.2, 0) is 4.74 Å². The van der Waals surface area contributed by atoms with Crippen molar-refractivity contribution in [2.24, 2.45) is 5.92 Å². The highest BCUT2D eigenvalue weighted by molar-refractivity contribution is 5.85. The maximum absolute atomic E-state index is 12.0. The van der Waals surface area contributed by atoms with Crippen LogP contribution in [0.2, 0.25) is 0 Å². The average molecular weight is 369 g/mol. The van der Waals surface area contributed by atoms with E-state index in [1.54, 1.807) is 4.63 Å². The number of carbonyl (C=O) groups excluding carboxylic acids is 1. The Labute approximate surface area is 159 Å². The van der Waals surface area contributed by atoms with E-state index in [4.69, 9.17) is 4.74 Å². The normalized spacial score (nSPS) is 12.3. The topological polar surface area (TPSA) is 84.3 Å². The summed E-state index contributed by atoms with van der Waals surface area (Å²) in [5.74, 6) is 1.07. The van der Waals surface area contributed by atoms with Gasteiger partial charge in [0.1, 0.15) is 0 Å². The molecule has 7 heteroatoms. The number of benzene rings is 1. The molecule has 27 heavy (non-hydrogen) atoms. The minimum atomic E-state index is -0.415. The third-order valence-electron chi connectivity index (χ3n) is 4.64. The minimum absolute atomic E-state index is 0.415. The summed E-state index contributed by atoms with van der Waals surface area (Å²) < 4.78 is 7.02. The number of aromatic nitrogens is 4. The van der Waals surface area contributed by atoms with Crippen LogP contribution in [0.1, 0.15) is 45.2 Å². The SMILES string of the molecule is CCCCC(CC)COC(=O)Nc1ccc(-c2nc3cc(C)[nH]n3n2)cc1. The van der Waals surface area contributed by atoms with E-state index in [-0.39, 0.29) is 0 Å². The number of aryl methyl sites for hydroxylation is 1. The van der Waals surface area contributed by atoms with Gasteiger partial charge in [-0.15, -0.1) is 5.10 Å². The fourth-order valence-corrected chi connectivity index (χ4v) is 2.96. The molecule has 1 unspecified atom stereocenters. The zero-order chi connectivity index (χ0) is 19.2. The van der Waals surface area contributed by atoms with Crippen LogP contribution < -0.4 is 5.32 Å². The summed E-state index contributed by atoms with van der Waals surface area (Å²) in [5, 5.41) is 10.3. The van der Waals surface area contributed by atoms with E-state index in [1.165, 1.54) is 6.42 Å². The van der Waals surface area contributed by atoms with E-state index in [9.17, 15) is 4.79 Å². The number of aromatic amines is 1. The standard InChI is InChI=1S/C20H27N5O2/c1-4-6-7-15(5-2)13-27-20(26)21-17-10-8-16(9-11-17)19-22-18-12-14(3)23-25(18)24-19/h8-12,15,23H,4-7,13H2,1-3H3,(H,21,26). The van der Waals surface area contributed by atoms with Gasteiger partial charge in [0.15, 0.2) is 11.5 Å². The fourth-order valence-electron chi connectivity index (χ4n) is 2.96. The average Bonchev–Trinajstić information content (AvgIpc) is 3.20. The van der Waals surface area contributed by atoms with Crippen molar-refractivity contribution in [2.45, 2.75) is 46.5 Å². The molecule has 1 aromatic carbocycles. The van der Waals surface area contributed by atoms with E-state index in [1.807, 2.05) is 37.3 Å². The van der Waals surface area contributed by atoms with Gasteiger partial charge >= 0.3 is 6.09 Å². The van der Waals surface area contributed by atoms with Gasteiger partial charge in [-0.25, -0.2) is 9.78 Å². The molecule has 0 spiro atoms. The van der Waals surface area contributed by atoms with Gasteiger partial charge in [0.05, 0.1) is 6.61 Å². The number of anilines is 1. The number of carbonyl (C=O) groups is 1. The lowest BCUT2D eigenvalue weighted by atomic mass is 10.0. The number of nitrogens with one attached hydrogen (secondary N) is 2. The quantitative estimate of drug-likeness (QED) is 0.597. The van der Waals surface area contributed by atoms with Crippen LogP contribution in [0, 0.1) is 12.8 Å². The molecule has 0 fully saturated rings. The molecule has 3 rings (SSSR count). The van der Waals surface area contributed by atoms with Gasteiger partial charge in [-0.3, -0.25) is 10.4 Å². The monoisotopic (exact) mass is 369 g/mol. The summed E-state index contributed by atoms with van der Waals surface area (Å²) >= 11 is 0. The van der Waals surface area contributed by atoms with Crippen LogP contribution in [0.3, 0.4) is 0 Å². The molecule has 2 heterocycles. The molecule has 0 aliphatic rings. The van der Waals surface area contributed by atoms with Gasteiger partial charge in [-0.1, -0.05) is 33.1 Å². The molecule has 0 aliphatic carbocycles. The Balaban J connectivity index is 1.55. The second kappa shape index (κ2) is 8.70. The molecule has 1 amide bonds. The Bertz CT molecular complexity index is 850. The molecule has 3 aromatic rings. The Kier molecular flexibility index (Phi) is 6.11. The molecule has 1 atom stereocenters. The van der Waals surface area contributed by atoms with Gasteiger partial charge in [0, 0.05) is 23.0 Å². The van der Waals surface area contributed by atoms with Crippen molar-refractivity contribution in [1.82, 2.24) is 19.8 Å². The molecule has 0 saturated carbocycles. The number of H-pyrrole nitrogens is 1. The van der Waals surface area contributed by atoms with Crippen molar-refractivity contribution >= 4 is 17.4 Å². The van der Waals surface area contributed by atoms with Crippen molar-refractivity contribution in [3.8, 4) is 11.4 Å². The van der Waals surface area contributed by atoms with Gasteiger partial charge in [0.2, 0.25) is 0 Å². The van der Waals surface area contributed by atoms with Crippen molar-refractivity contribution < 1.29 is 9.53 Å². The number of nitrogens with zero attached hydrogens (tertiary/aromatic N) is 3. The zero-order valence-corrected chi connectivity index (χ0v) is 16.2. The smallest absolute Gasteiger partial charge is 0.411 e. The predicted molar refractivity (Wildman–Crippen MR) is 106 cm³/mol. The highest BCUT2D eigenvalue weighted by Crippen LogP contribution is 2.20. The van der Waals surface area contributed by atoms with Crippen LogP contribution >= 0.6 is 0 Å². The van der Waals surface area contributed by atoms with Crippen molar-refractivity contribution in [3.63, 3.8) is 0 Å². The first kappa shape index (κ1) is 18.9. The van der Waals surface area contributed by atoms with E-state index in [0.29, 0.717) is 24.0 Å². The lowest BCUT2D eigenvalue weighted by Crippen LogP contribution is -2.18. The molecule has 144 valence electrons. The fraction of sp³-hybridized carbons (Fsp3) is 0.450. The van der Waals surface area contributed by atoms with Crippen LogP contribution in [0.15, 0.2) is 30.3 Å². The molecular formula is C20H27N5O2. The summed E-state index contributed by atoms with van der Waals surface area (Å²) in [5.41, 5.74) is 3.36. The van der Waals surface area contributed by atoms with E-state index in [2.05, 4.69) is 34.3 Å². The first-order valence-corrected chi connectivity index (χ1v) is 9.55. The van der Waals surface area contributed by atoms with Crippen molar-refractivity contribution in [2.75, 3.05) is 11.9 Å². The second-order valence-corrected chi connectivity index (χ2v) is 6.86. The number of ether oxygens (including phenoxy) is 1. The van der Waals surface area contributed by atoms with Gasteiger partial charge in [-0.05, 0) is 43.5 Å². The van der Waals surface area contributed by atoms with E-state index < -0.39 is 6.09 Å². The summed E-state index contributed by atoms with van der Waals surface area (Å²) in [6, 6.07) is 9.35. The number of fused-ring (bicyclic) bond motifs is 1. The van der Waals surface area contributed by atoms with Gasteiger partial charge < -0.3 is 4.74 Å². The van der Waals surface area contributed by atoms with Gasteiger partial charge in [-0.2, -0.15) is 4.63 Å². The zero-order valence-electron chi connectivity index (χ0n) is 16.2. The molecular weight excluding hydrogens is 342 g/mol. The summed E-state index contributed by atoms with van der Waals surface area (Å²) in [7, 11) is 0. The molecule has 7 nitrogen and oxygen atoms in total. The third kappa shape index (κ3) is 4.87. The largest absolute Gasteiger partial charge is 0.449 e. The van der Waals surface area contributed by atoms with Crippen LogP contribution in [0.4, 0.5) is 10.5 Å². The first-order valence-electron chi connectivity index (χ1n) is 9.55. The Hall–Kier alpha value is -2.83. The molecule has 2 aromatic heterocycles.